The van der Waals surface area contributed by atoms with E-state index in [4.69, 9.17) is 0 Å². The SMILES string of the molecule is CCNC(=NCC(=O)N(CC)Cc1ccccc1)N1CCN(c2cnn(C)c2)C(=O)C1. The van der Waals surface area contributed by atoms with Crippen molar-refractivity contribution in [2.24, 2.45) is 12.0 Å². The van der Waals surface area contributed by atoms with Crippen LogP contribution in [0, 0.1) is 0 Å². The average molecular weight is 426 g/mol. The summed E-state index contributed by atoms with van der Waals surface area (Å²) in [5.41, 5.74) is 1.88. The normalized spacial score (nSPS) is 14.7. The van der Waals surface area contributed by atoms with Crippen LogP contribution in [0.5, 0.6) is 0 Å². The number of hydrogen-bond acceptors (Lipinski definition) is 4. The summed E-state index contributed by atoms with van der Waals surface area (Å²) in [7, 11) is 1.83. The molecule has 1 aliphatic rings. The lowest BCUT2D eigenvalue weighted by Crippen LogP contribution is -2.55. The second-order valence-corrected chi connectivity index (χ2v) is 7.40. The molecule has 0 spiro atoms. The van der Waals surface area contributed by atoms with Crippen LogP contribution in [0.4, 0.5) is 5.69 Å². The van der Waals surface area contributed by atoms with Crippen molar-refractivity contribution in [1.29, 1.82) is 0 Å². The molecule has 31 heavy (non-hydrogen) atoms. The van der Waals surface area contributed by atoms with Gasteiger partial charge < -0.3 is 20.0 Å². The predicted molar refractivity (Wildman–Crippen MR) is 121 cm³/mol. The Bertz CT molecular complexity index is 910. The number of aromatic nitrogens is 2. The minimum absolute atomic E-state index is 0.0181. The largest absolute Gasteiger partial charge is 0.356 e. The third kappa shape index (κ3) is 5.84. The fraction of sp³-hybridized carbons (Fsp3) is 0.455. The van der Waals surface area contributed by atoms with E-state index < -0.39 is 0 Å². The summed E-state index contributed by atoms with van der Waals surface area (Å²) in [6, 6.07) is 9.92. The van der Waals surface area contributed by atoms with E-state index in [1.807, 2.05) is 62.3 Å². The Labute approximate surface area is 183 Å². The first-order chi connectivity index (χ1) is 15.0. The molecule has 1 aliphatic heterocycles. The average Bonchev–Trinajstić information content (AvgIpc) is 3.21. The molecule has 2 aromatic rings. The molecule has 1 aromatic carbocycles. The number of likely N-dealkylation sites (N-methyl/N-ethyl adjacent to an activating group) is 1. The number of rotatable bonds is 7. The van der Waals surface area contributed by atoms with E-state index in [1.165, 1.54) is 0 Å². The van der Waals surface area contributed by atoms with Crippen LogP contribution in [0.25, 0.3) is 0 Å². The second-order valence-electron chi connectivity index (χ2n) is 7.40. The van der Waals surface area contributed by atoms with Gasteiger partial charge in [0.2, 0.25) is 11.8 Å². The van der Waals surface area contributed by atoms with Crippen molar-refractivity contribution in [2.75, 3.05) is 44.2 Å². The molecule has 0 atom stereocenters. The van der Waals surface area contributed by atoms with Gasteiger partial charge in [-0.2, -0.15) is 5.10 Å². The van der Waals surface area contributed by atoms with Gasteiger partial charge in [0.05, 0.1) is 11.9 Å². The van der Waals surface area contributed by atoms with Crippen LogP contribution >= 0.6 is 0 Å². The lowest BCUT2D eigenvalue weighted by atomic mass is 10.2. The van der Waals surface area contributed by atoms with Crippen molar-refractivity contribution in [3.63, 3.8) is 0 Å². The Balaban J connectivity index is 1.63. The number of guanidine groups is 1. The number of hydrogen-bond donors (Lipinski definition) is 1. The zero-order valence-corrected chi connectivity index (χ0v) is 18.5. The molecule has 0 bridgehead atoms. The number of aliphatic imine (C=N–C) groups is 1. The maximum atomic E-state index is 12.8. The van der Waals surface area contributed by atoms with Gasteiger partial charge in [-0.15, -0.1) is 0 Å². The molecule has 3 rings (SSSR count). The first kappa shape index (κ1) is 22.3. The monoisotopic (exact) mass is 425 g/mol. The Morgan fingerprint density at radius 2 is 2.00 bits per heavy atom. The molecule has 1 fully saturated rings. The summed E-state index contributed by atoms with van der Waals surface area (Å²) in [6.07, 6.45) is 3.52. The van der Waals surface area contributed by atoms with Gasteiger partial charge in [0, 0.05) is 46.0 Å². The molecule has 2 heterocycles. The highest BCUT2D eigenvalue weighted by molar-refractivity contribution is 5.98. The first-order valence-corrected chi connectivity index (χ1v) is 10.7. The van der Waals surface area contributed by atoms with Crippen molar-refractivity contribution in [3.8, 4) is 0 Å². The topological polar surface area (TPSA) is 86.1 Å². The smallest absolute Gasteiger partial charge is 0.246 e. The van der Waals surface area contributed by atoms with Crippen LogP contribution in [0.1, 0.15) is 19.4 Å². The van der Waals surface area contributed by atoms with Gasteiger partial charge in [0.15, 0.2) is 5.96 Å². The van der Waals surface area contributed by atoms with Gasteiger partial charge in [-0.3, -0.25) is 14.3 Å². The van der Waals surface area contributed by atoms with E-state index in [0.717, 1.165) is 11.3 Å². The molecule has 1 N–H and O–H groups in total. The number of benzene rings is 1. The fourth-order valence-corrected chi connectivity index (χ4v) is 3.52. The summed E-state index contributed by atoms with van der Waals surface area (Å²) >= 11 is 0. The Morgan fingerprint density at radius 1 is 1.23 bits per heavy atom. The van der Waals surface area contributed by atoms with E-state index in [1.54, 1.807) is 20.7 Å². The van der Waals surface area contributed by atoms with Gasteiger partial charge >= 0.3 is 0 Å². The van der Waals surface area contributed by atoms with Gasteiger partial charge in [-0.1, -0.05) is 30.3 Å². The Kier molecular flexibility index (Phi) is 7.64. The molecular formula is C22H31N7O2. The molecular weight excluding hydrogens is 394 g/mol. The predicted octanol–water partition coefficient (Wildman–Crippen LogP) is 1.08. The second kappa shape index (κ2) is 10.6. The number of nitrogens with zero attached hydrogens (tertiary/aromatic N) is 6. The maximum Gasteiger partial charge on any atom is 0.246 e. The number of anilines is 1. The molecule has 9 nitrogen and oxygen atoms in total. The molecule has 0 unspecified atom stereocenters. The number of carbonyl (C=O) groups is 2. The molecule has 1 aromatic heterocycles. The zero-order valence-electron chi connectivity index (χ0n) is 18.5. The number of carbonyl (C=O) groups excluding carboxylic acids is 2. The summed E-state index contributed by atoms with van der Waals surface area (Å²) in [4.78, 5) is 35.4. The zero-order chi connectivity index (χ0) is 22.2. The van der Waals surface area contributed by atoms with E-state index in [9.17, 15) is 9.59 Å². The minimum atomic E-state index is -0.0397. The molecule has 0 saturated carbocycles. The minimum Gasteiger partial charge on any atom is -0.356 e. The van der Waals surface area contributed by atoms with Gasteiger partial charge in [0.25, 0.3) is 0 Å². The van der Waals surface area contributed by atoms with Crippen LogP contribution in [-0.4, -0.2) is 76.6 Å². The highest BCUT2D eigenvalue weighted by atomic mass is 16.2. The number of piperazine rings is 1. The standard InChI is InChI=1S/C22H31N7O2/c1-4-23-22(24-14-20(30)27(5-2)15-18-9-7-6-8-10-18)28-11-12-29(21(31)17-28)19-13-25-26(3)16-19/h6-10,13,16H,4-5,11-12,14-15,17H2,1-3H3,(H,23,24). The van der Waals surface area contributed by atoms with Crippen molar-refractivity contribution >= 4 is 23.5 Å². The third-order valence-electron chi connectivity index (χ3n) is 5.17. The van der Waals surface area contributed by atoms with Crippen LogP contribution in [0.2, 0.25) is 0 Å². The third-order valence-corrected chi connectivity index (χ3v) is 5.17. The first-order valence-electron chi connectivity index (χ1n) is 10.7. The molecule has 0 radical (unpaired) electrons. The molecule has 166 valence electrons. The number of amides is 2. The quantitative estimate of drug-likeness (QED) is 0.530. The fourth-order valence-electron chi connectivity index (χ4n) is 3.52. The molecule has 1 saturated heterocycles. The van der Waals surface area contributed by atoms with Gasteiger partial charge in [0.1, 0.15) is 13.1 Å². The molecule has 2 amide bonds. The summed E-state index contributed by atoms with van der Waals surface area (Å²) in [5.74, 6) is 0.531. The molecule has 9 heteroatoms. The number of nitrogens with one attached hydrogen (secondary N) is 1. The lowest BCUT2D eigenvalue weighted by Gasteiger charge is -2.35. The van der Waals surface area contributed by atoms with Gasteiger partial charge in [-0.05, 0) is 19.4 Å². The van der Waals surface area contributed by atoms with E-state index in [2.05, 4.69) is 15.4 Å². The van der Waals surface area contributed by atoms with Crippen molar-refractivity contribution < 1.29 is 9.59 Å². The highest BCUT2D eigenvalue weighted by Crippen LogP contribution is 2.16. The van der Waals surface area contributed by atoms with Crippen LogP contribution in [0.3, 0.4) is 0 Å². The summed E-state index contributed by atoms with van der Waals surface area (Å²) in [5, 5.41) is 7.36. The van der Waals surface area contributed by atoms with Crippen LogP contribution in [0.15, 0.2) is 47.7 Å². The van der Waals surface area contributed by atoms with Crippen molar-refractivity contribution in [1.82, 2.24) is 24.9 Å². The van der Waals surface area contributed by atoms with Crippen molar-refractivity contribution in [2.45, 2.75) is 20.4 Å². The van der Waals surface area contributed by atoms with E-state index in [-0.39, 0.29) is 24.9 Å². The number of aryl methyl sites for hydroxylation is 1. The Morgan fingerprint density at radius 3 is 2.61 bits per heavy atom. The van der Waals surface area contributed by atoms with Crippen LogP contribution < -0.4 is 10.2 Å². The Hall–Kier alpha value is -3.36. The van der Waals surface area contributed by atoms with E-state index >= 15 is 0 Å². The van der Waals surface area contributed by atoms with Crippen molar-refractivity contribution in [3.05, 3.63) is 48.3 Å². The lowest BCUT2D eigenvalue weighted by molar-refractivity contribution is -0.130. The highest BCUT2D eigenvalue weighted by Gasteiger charge is 2.28. The summed E-state index contributed by atoms with van der Waals surface area (Å²) < 4.78 is 1.68. The maximum absolute atomic E-state index is 12.8. The van der Waals surface area contributed by atoms with E-state index in [0.29, 0.717) is 38.7 Å². The molecule has 0 aliphatic carbocycles. The van der Waals surface area contributed by atoms with Gasteiger partial charge in [-0.25, -0.2) is 4.99 Å². The summed E-state index contributed by atoms with van der Waals surface area (Å²) in [6.45, 7) is 7.18. The van der Waals surface area contributed by atoms with Crippen LogP contribution in [-0.2, 0) is 23.2 Å².